The van der Waals surface area contributed by atoms with Gasteiger partial charge in [-0.05, 0) is 41.8 Å². The molecule has 1 atom stereocenters. The van der Waals surface area contributed by atoms with Crippen LogP contribution in [0.1, 0.15) is 24.5 Å². The molecule has 212 valence electrons. The van der Waals surface area contributed by atoms with E-state index in [1.54, 1.807) is 12.1 Å². The van der Waals surface area contributed by atoms with E-state index in [2.05, 4.69) is 21.2 Å². The van der Waals surface area contributed by atoms with Gasteiger partial charge in [0.25, 0.3) is 0 Å². The summed E-state index contributed by atoms with van der Waals surface area (Å²) in [6, 6.07) is 20.7. The van der Waals surface area contributed by atoms with Crippen molar-refractivity contribution in [1.29, 1.82) is 0 Å². The number of hydrogen-bond acceptors (Lipinski definition) is 6. The summed E-state index contributed by atoms with van der Waals surface area (Å²) >= 11 is 3.43. The third-order valence-electron chi connectivity index (χ3n) is 6.41. The van der Waals surface area contributed by atoms with Gasteiger partial charge in [-0.3, -0.25) is 13.9 Å². The predicted molar refractivity (Wildman–Crippen MR) is 157 cm³/mol. The van der Waals surface area contributed by atoms with E-state index in [4.69, 9.17) is 9.47 Å². The molecule has 0 saturated heterocycles. The van der Waals surface area contributed by atoms with Gasteiger partial charge in [-0.2, -0.15) is 0 Å². The van der Waals surface area contributed by atoms with Gasteiger partial charge in [-0.15, -0.1) is 0 Å². The number of ether oxygens (including phenoxy) is 2. The van der Waals surface area contributed by atoms with Gasteiger partial charge in [0.05, 0.1) is 11.9 Å². The maximum atomic E-state index is 14.1. The SMILES string of the molecule is CCCNC(=O)[C@@H](Cc1ccccc1)N(Cc1ccc(Br)cc1)C(=O)CN(c1ccc2c(c1)OCO2)S(C)(=O)=O. The normalized spacial score (nSPS) is 13.0. The number of amides is 2. The largest absolute Gasteiger partial charge is 0.454 e. The van der Waals surface area contributed by atoms with Crippen LogP contribution in [0.3, 0.4) is 0 Å². The van der Waals surface area contributed by atoms with Gasteiger partial charge in [0, 0.05) is 30.0 Å². The van der Waals surface area contributed by atoms with Crippen molar-refractivity contribution in [2.24, 2.45) is 0 Å². The van der Waals surface area contributed by atoms with Gasteiger partial charge >= 0.3 is 0 Å². The van der Waals surface area contributed by atoms with E-state index in [0.29, 0.717) is 18.0 Å². The molecule has 4 rings (SSSR count). The van der Waals surface area contributed by atoms with Crippen LogP contribution in [0.4, 0.5) is 5.69 Å². The van der Waals surface area contributed by atoms with Crippen LogP contribution in [0.25, 0.3) is 0 Å². The molecule has 1 heterocycles. The van der Waals surface area contributed by atoms with Gasteiger partial charge in [0.15, 0.2) is 11.5 Å². The average Bonchev–Trinajstić information content (AvgIpc) is 3.41. The fourth-order valence-electron chi connectivity index (χ4n) is 4.36. The van der Waals surface area contributed by atoms with Crippen molar-refractivity contribution in [3.63, 3.8) is 0 Å². The number of sulfonamides is 1. The molecule has 9 nitrogen and oxygen atoms in total. The monoisotopic (exact) mass is 629 g/mol. The Balaban J connectivity index is 1.71. The lowest BCUT2D eigenvalue weighted by Gasteiger charge is -2.33. The summed E-state index contributed by atoms with van der Waals surface area (Å²) in [5.74, 6) is 0.0749. The molecule has 0 bridgehead atoms. The number of nitrogens with one attached hydrogen (secondary N) is 1. The maximum absolute atomic E-state index is 14.1. The lowest BCUT2D eigenvalue weighted by molar-refractivity contribution is -0.140. The molecule has 0 saturated carbocycles. The molecule has 3 aromatic rings. The highest BCUT2D eigenvalue weighted by molar-refractivity contribution is 9.10. The van der Waals surface area contributed by atoms with Crippen LogP contribution in [0.15, 0.2) is 77.3 Å². The molecule has 1 N–H and O–H groups in total. The fourth-order valence-corrected chi connectivity index (χ4v) is 5.47. The number of benzene rings is 3. The Morgan fingerprint density at radius 1 is 0.975 bits per heavy atom. The quantitative estimate of drug-likeness (QED) is 0.323. The number of anilines is 1. The van der Waals surface area contributed by atoms with Crippen molar-refractivity contribution >= 4 is 43.5 Å². The molecule has 40 heavy (non-hydrogen) atoms. The van der Waals surface area contributed by atoms with Crippen LogP contribution in [-0.2, 0) is 32.6 Å². The first-order chi connectivity index (χ1) is 19.2. The lowest BCUT2D eigenvalue weighted by atomic mass is 10.0. The van der Waals surface area contributed by atoms with Crippen LogP contribution in [0, 0.1) is 0 Å². The number of carbonyl (C=O) groups excluding carboxylic acids is 2. The second-order valence-electron chi connectivity index (χ2n) is 9.45. The molecule has 0 unspecified atom stereocenters. The third-order valence-corrected chi connectivity index (χ3v) is 8.08. The van der Waals surface area contributed by atoms with Crippen LogP contribution < -0.4 is 19.1 Å². The molecule has 0 radical (unpaired) electrons. The minimum Gasteiger partial charge on any atom is -0.454 e. The molecule has 1 aliphatic rings. The topological polar surface area (TPSA) is 105 Å². The summed E-state index contributed by atoms with van der Waals surface area (Å²) < 4.78 is 38.5. The number of rotatable bonds is 12. The van der Waals surface area contributed by atoms with Crippen molar-refractivity contribution in [3.8, 4) is 11.5 Å². The van der Waals surface area contributed by atoms with E-state index in [1.807, 2.05) is 61.5 Å². The van der Waals surface area contributed by atoms with E-state index >= 15 is 0 Å². The first-order valence-corrected chi connectivity index (χ1v) is 15.5. The summed E-state index contributed by atoms with van der Waals surface area (Å²) in [5, 5.41) is 2.92. The number of nitrogens with zero attached hydrogens (tertiary/aromatic N) is 2. The average molecular weight is 631 g/mol. The standard InChI is InChI=1S/C29H32BrN3O6S/c1-3-15-31-29(35)25(16-21-7-5-4-6-8-21)32(18-22-9-11-23(30)12-10-22)28(34)19-33(40(2,36)37)24-13-14-26-27(17-24)39-20-38-26/h4-14,17,25H,3,15-16,18-20H2,1-2H3,(H,31,35)/t25-/m1/s1. The third kappa shape index (κ3) is 7.54. The molecule has 0 aliphatic carbocycles. The van der Waals surface area contributed by atoms with Crippen LogP contribution in [-0.4, -0.2) is 57.3 Å². The van der Waals surface area contributed by atoms with Gasteiger partial charge in [0.1, 0.15) is 12.6 Å². The van der Waals surface area contributed by atoms with Crippen molar-refractivity contribution in [2.45, 2.75) is 32.4 Å². The molecule has 2 amide bonds. The number of halogens is 1. The van der Waals surface area contributed by atoms with E-state index < -0.39 is 28.5 Å². The predicted octanol–water partition coefficient (Wildman–Crippen LogP) is 4.11. The molecule has 0 fully saturated rings. The van der Waals surface area contributed by atoms with E-state index in [9.17, 15) is 18.0 Å². The Labute approximate surface area is 243 Å². The van der Waals surface area contributed by atoms with E-state index in [0.717, 1.165) is 32.6 Å². The molecule has 3 aromatic carbocycles. The minimum absolute atomic E-state index is 0.0333. The summed E-state index contributed by atoms with van der Waals surface area (Å²) in [7, 11) is -3.88. The summed E-state index contributed by atoms with van der Waals surface area (Å²) in [4.78, 5) is 29.0. The maximum Gasteiger partial charge on any atom is 0.244 e. The highest BCUT2D eigenvalue weighted by atomic mass is 79.9. The van der Waals surface area contributed by atoms with Gasteiger partial charge in [-0.1, -0.05) is 65.3 Å². The van der Waals surface area contributed by atoms with Crippen molar-refractivity contribution in [3.05, 3.63) is 88.4 Å². The molecule has 0 aromatic heterocycles. The second kappa shape index (κ2) is 13.2. The van der Waals surface area contributed by atoms with E-state index in [1.165, 1.54) is 11.0 Å². The summed E-state index contributed by atoms with van der Waals surface area (Å²) in [6.45, 7) is 2.05. The Kier molecular flexibility index (Phi) is 9.70. The first-order valence-electron chi connectivity index (χ1n) is 12.9. The Bertz CT molecular complexity index is 1430. The first kappa shape index (κ1) is 29.4. The van der Waals surface area contributed by atoms with Gasteiger partial charge in [0.2, 0.25) is 28.6 Å². The smallest absolute Gasteiger partial charge is 0.244 e. The van der Waals surface area contributed by atoms with Crippen molar-refractivity contribution in [1.82, 2.24) is 10.2 Å². The zero-order valence-electron chi connectivity index (χ0n) is 22.4. The molecular weight excluding hydrogens is 598 g/mol. The molecule has 0 spiro atoms. The van der Waals surface area contributed by atoms with E-state index in [-0.39, 0.29) is 31.4 Å². The zero-order chi connectivity index (χ0) is 28.7. The van der Waals surface area contributed by atoms with Crippen LogP contribution in [0.2, 0.25) is 0 Å². The lowest BCUT2D eigenvalue weighted by Crippen LogP contribution is -2.53. The summed E-state index contributed by atoms with van der Waals surface area (Å²) in [6.07, 6.45) is 2.04. The summed E-state index contributed by atoms with van der Waals surface area (Å²) in [5.41, 5.74) is 1.94. The van der Waals surface area contributed by atoms with Gasteiger partial charge < -0.3 is 19.7 Å². The Morgan fingerprint density at radius 2 is 1.68 bits per heavy atom. The highest BCUT2D eigenvalue weighted by Gasteiger charge is 2.33. The number of hydrogen-bond donors (Lipinski definition) is 1. The van der Waals surface area contributed by atoms with Gasteiger partial charge in [-0.25, -0.2) is 8.42 Å². The second-order valence-corrected chi connectivity index (χ2v) is 12.3. The number of carbonyl (C=O) groups is 2. The fraction of sp³-hybridized carbons (Fsp3) is 0.310. The molecule has 11 heteroatoms. The zero-order valence-corrected chi connectivity index (χ0v) is 24.8. The minimum atomic E-state index is -3.88. The number of fused-ring (bicyclic) bond motifs is 1. The molecular formula is C29H32BrN3O6S. The van der Waals surface area contributed by atoms with Crippen molar-refractivity contribution < 1.29 is 27.5 Å². The van der Waals surface area contributed by atoms with Crippen LogP contribution in [0.5, 0.6) is 11.5 Å². The Hall–Kier alpha value is -3.57. The Morgan fingerprint density at radius 3 is 2.35 bits per heavy atom. The van der Waals surface area contributed by atoms with Crippen molar-refractivity contribution in [2.75, 3.05) is 30.4 Å². The van der Waals surface area contributed by atoms with Crippen LogP contribution >= 0.6 is 15.9 Å². The highest BCUT2D eigenvalue weighted by Crippen LogP contribution is 2.36. The molecule has 1 aliphatic heterocycles.